The van der Waals surface area contributed by atoms with Crippen molar-refractivity contribution in [3.05, 3.63) is 35.0 Å². The summed E-state index contributed by atoms with van der Waals surface area (Å²) in [5.41, 5.74) is 5.70. The third-order valence-corrected chi connectivity index (χ3v) is 3.11. The number of nitrogens with one attached hydrogen (secondary N) is 1. The van der Waals surface area contributed by atoms with Crippen molar-refractivity contribution >= 4 is 10.9 Å². The quantitative estimate of drug-likeness (QED) is 0.727. The number of H-pyrrole nitrogens is 1. The largest absolute Gasteiger partial charge is 0.358 e. The van der Waals surface area contributed by atoms with Crippen LogP contribution < -0.4 is 0 Å². The standard InChI is InChI=1S/C15H21N/c1-10-11(2)16-14-7-6-12(8-13(10)14)9-15(3,4)5/h6-8,16H,9H2,1-5H3. The first-order valence-corrected chi connectivity index (χ1v) is 5.95. The van der Waals surface area contributed by atoms with Gasteiger partial charge < -0.3 is 4.98 Å². The highest BCUT2D eigenvalue weighted by molar-refractivity contribution is 5.85. The summed E-state index contributed by atoms with van der Waals surface area (Å²) in [6, 6.07) is 6.78. The molecule has 0 fully saturated rings. The normalized spacial score (nSPS) is 12.3. The average Bonchev–Trinajstić information content (AvgIpc) is 2.42. The van der Waals surface area contributed by atoms with Crippen LogP contribution >= 0.6 is 0 Å². The van der Waals surface area contributed by atoms with Gasteiger partial charge in [0.2, 0.25) is 0 Å². The molecule has 16 heavy (non-hydrogen) atoms. The van der Waals surface area contributed by atoms with Crippen LogP contribution in [0.1, 0.15) is 37.6 Å². The summed E-state index contributed by atoms with van der Waals surface area (Å²) in [7, 11) is 0. The first-order valence-electron chi connectivity index (χ1n) is 5.95. The number of aryl methyl sites for hydroxylation is 2. The molecule has 1 aromatic carbocycles. The molecular formula is C15H21N. The number of rotatable bonds is 1. The molecule has 2 rings (SSSR count). The van der Waals surface area contributed by atoms with E-state index in [1.54, 1.807) is 0 Å². The number of aromatic amines is 1. The Morgan fingerprint density at radius 2 is 1.81 bits per heavy atom. The van der Waals surface area contributed by atoms with Crippen LogP contribution in [0.4, 0.5) is 0 Å². The Kier molecular flexibility index (Phi) is 2.57. The lowest BCUT2D eigenvalue weighted by atomic mass is 9.88. The fourth-order valence-electron chi connectivity index (χ4n) is 2.23. The van der Waals surface area contributed by atoms with Crippen LogP contribution in [0.25, 0.3) is 10.9 Å². The van der Waals surface area contributed by atoms with E-state index in [1.165, 1.54) is 27.7 Å². The van der Waals surface area contributed by atoms with E-state index in [0.29, 0.717) is 5.41 Å². The molecule has 0 amide bonds. The Balaban J connectivity index is 2.47. The first-order chi connectivity index (χ1) is 7.37. The van der Waals surface area contributed by atoms with Gasteiger partial charge in [-0.15, -0.1) is 0 Å². The molecular weight excluding hydrogens is 194 g/mol. The summed E-state index contributed by atoms with van der Waals surface area (Å²) in [4.78, 5) is 3.42. The minimum absolute atomic E-state index is 0.354. The number of hydrogen-bond donors (Lipinski definition) is 1. The maximum absolute atomic E-state index is 3.42. The molecule has 0 saturated carbocycles. The zero-order valence-corrected chi connectivity index (χ0v) is 10.9. The van der Waals surface area contributed by atoms with Gasteiger partial charge in [-0.2, -0.15) is 0 Å². The van der Waals surface area contributed by atoms with Gasteiger partial charge in [0.25, 0.3) is 0 Å². The fraction of sp³-hybridized carbons (Fsp3) is 0.467. The molecule has 0 saturated heterocycles. The van der Waals surface area contributed by atoms with E-state index in [2.05, 4.69) is 57.8 Å². The number of hydrogen-bond acceptors (Lipinski definition) is 0. The van der Waals surface area contributed by atoms with Crippen molar-refractivity contribution < 1.29 is 0 Å². The molecule has 0 atom stereocenters. The summed E-state index contributed by atoms with van der Waals surface area (Å²) in [6.07, 6.45) is 1.13. The Morgan fingerprint density at radius 3 is 2.44 bits per heavy atom. The molecule has 86 valence electrons. The van der Waals surface area contributed by atoms with Gasteiger partial charge in [0.1, 0.15) is 0 Å². The van der Waals surface area contributed by atoms with Gasteiger partial charge in [-0.25, -0.2) is 0 Å². The third kappa shape index (κ3) is 2.13. The van der Waals surface area contributed by atoms with E-state index < -0.39 is 0 Å². The van der Waals surface area contributed by atoms with E-state index in [9.17, 15) is 0 Å². The Morgan fingerprint density at radius 1 is 1.12 bits per heavy atom. The average molecular weight is 215 g/mol. The van der Waals surface area contributed by atoms with Crippen molar-refractivity contribution in [1.29, 1.82) is 0 Å². The minimum atomic E-state index is 0.354. The summed E-state index contributed by atoms with van der Waals surface area (Å²) in [5.74, 6) is 0. The minimum Gasteiger partial charge on any atom is -0.358 e. The highest BCUT2D eigenvalue weighted by Gasteiger charge is 2.12. The summed E-state index contributed by atoms with van der Waals surface area (Å²) < 4.78 is 0. The van der Waals surface area contributed by atoms with Crippen molar-refractivity contribution in [2.24, 2.45) is 5.41 Å². The zero-order chi connectivity index (χ0) is 11.9. The van der Waals surface area contributed by atoms with Gasteiger partial charge in [0.15, 0.2) is 0 Å². The van der Waals surface area contributed by atoms with E-state index in [-0.39, 0.29) is 0 Å². The Bertz CT molecular complexity index is 512. The maximum atomic E-state index is 3.42. The van der Waals surface area contributed by atoms with E-state index in [4.69, 9.17) is 0 Å². The van der Waals surface area contributed by atoms with Crippen molar-refractivity contribution in [3.8, 4) is 0 Å². The lowest BCUT2D eigenvalue weighted by molar-refractivity contribution is 0.411. The predicted octanol–water partition coefficient (Wildman–Crippen LogP) is 4.37. The van der Waals surface area contributed by atoms with Crippen molar-refractivity contribution in [1.82, 2.24) is 4.98 Å². The van der Waals surface area contributed by atoms with Crippen LogP contribution in [0.2, 0.25) is 0 Å². The SMILES string of the molecule is Cc1[nH]c2ccc(CC(C)(C)C)cc2c1C. The van der Waals surface area contributed by atoms with Crippen molar-refractivity contribution in [2.75, 3.05) is 0 Å². The van der Waals surface area contributed by atoms with Crippen LogP contribution in [0, 0.1) is 19.3 Å². The summed E-state index contributed by atoms with van der Waals surface area (Å²) >= 11 is 0. The molecule has 2 aromatic rings. The number of fused-ring (bicyclic) bond motifs is 1. The molecule has 1 aromatic heterocycles. The van der Waals surface area contributed by atoms with Crippen molar-refractivity contribution in [2.45, 2.75) is 41.0 Å². The molecule has 0 aliphatic rings. The molecule has 0 aliphatic carbocycles. The lowest BCUT2D eigenvalue weighted by Gasteiger charge is -2.18. The smallest absolute Gasteiger partial charge is 0.0458 e. The second-order valence-electron chi connectivity index (χ2n) is 5.99. The van der Waals surface area contributed by atoms with Crippen LogP contribution in [-0.4, -0.2) is 4.98 Å². The maximum Gasteiger partial charge on any atom is 0.0458 e. The monoisotopic (exact) mass is 215 g/mol. The van der Waals surface area contributed by atoms with Gasteiger partial charge >= 0.3 is 0 Å². The number of benzene rings is 1. The molecule has 0 unspecified atom stereocenters. The van der Waals surface area contributed by atoms with Gasteiger partial charge in [-0.1, -0.05) is 26.8 Å². The van der Waals surface area contributed by atoms with Gasteiger partial charge in [-0.05, 0) is 48.9 Å². The van der Waals surface area contributed by atoms with E-state index >= 15 is 0 Å². The molecule has 1 heteroatoms. The van der Waals surface area contributed by atoms with E-state index in [1.807, 2.05) is 0 Å². The predicted molar refractivity (Wildman–Crippen MR) is 70.9 cm³/mol. The summed E-state index contributed by atoms with van der Waals surface area (Å²) in [5, 5.41) is 1.37. The van der Waals surface area contributed by atoms with Crippen LogP contribution in [0.3, 0.4) is 0 Å². The van der Waals surface area contributed by atoms with Gasteiger partial charge in [0.05, 0.1) is 0 Å². The zero-order valence-electron chi connectivity index (χ0n) is 10.9. The van der Waals surface area contributed by atoms with Crippen molar-refractivity contribution in [3.63, 3.8) is 0 Å². The van der Waals surface area contributed by atoms with Crippen LogP contribution in [0.5, 0.6) is 0 Å². The molecule has 1 N–H and O–H groups in total. The molecule has 0 spiro atoms. The Hall–Kier alpha value is -1.24. The summed E-state index contributed by atoms with van der Waals surface area (Å²) in [6.45, 7) is 11.2. The second kappa shape index (κ2) is 3.65. The highest BCUT2D eigenvalue weighted by atomic mass is 14.7. The lowest BCUT2D eigenvalue weighted by Crippen LogP contribution is -2.08. The van der Waals surface area contributed by atoms with Gasteiger partial charge in [-0.3, -0.25) is 0 Å². The second-order valence-corrected chi connectivity index (χ2v) is 5.99. The van der Waals surface area contributed by atoms with Crippen LogP contribution in [0.15, 0.2) is 18.2 Å². The molecule has 1 heterocycles. The third-order valence-electron chi connectivity index (χ3n) is 3.11. The Labute approximate surface area is 97.9 Å². The van der Waals surface area contributed by atoms with Gasteiger partial charge in [0, 0.05) is 16.6 Å². The fourth-order valence-corrected chi connectivity index (χ4v) is 2.23. The van der Waals surface area contributed by atoms with E-state index in [0.717, 1.165) is 6.42 Å². The van der Waals surface area contributed by atoms with Crippen LogP contribution in [-0.2, 0) is 6.42 Å². The molecule has 0 aliphatic heterocycles. The molecule has 0 bridgehead atoms. The molecule has 0 radical (unpaired) electrons. The number of aromatic nitrogens is 1. The topological polar surface area (TPSA) is 15.8 Å². The molecule has 1 nitrogen and oxygen atoms in total. The first kappa shape index (κ1) is 11.3. The highest BCUT2D eigenvalue weighted by Crippen LogP contribution is 2.26.